The van der Waals surface area contributed by atoms with Gasteiger partial charge < -0.3 is 4.90 Å². The molecule has 0 radical (unpaired) electrons. The highest BCUT2D eigenvalue weighted by Gasteiger charge is 2.26. The van der Waals surface area contributed by atoms with Crippen molar-refractivity contribution in [2.24, 2.45) is 0 Å². The summed E-state index contributed by atoms with van der Waals surface area (Å²) in [5, 5.41) is 2.45. The lowest BCUT2D eigenvalue weighted by molar-refractivity contribution is -0.132. The van der Waals surface area contributed by atoms with Gasteiger partial charge in [0.25, 0.3) is 5.56 Å². The normalized spacial score (nSPS) is 17.2. The summed E-state index contributed by atoms with van der Waals surface area (Å²) in [6.07, 6.45) is 4.34. The molecule has 1 aliphatic rings. The molecule has 3 aromatic rings. The summed E-state index contributed by atoms with van der Waals surface area (Å²) in [7, 11) is 0. The van der Waals surface area contributed by atoms with Gasteiger partial charge in [0, 0.05) is 12.6 Å². The molecule has 1 aliphatic heterocycles. The zero-order valence-electron chi connectivity index (χ0n) is 15.8. The maximum Gasteiger partial charge on any atom is 0.276 e. The van der Waals surface area contributed by atoms with Gasteiger partial charge in [-0.3, -0.25) is 14.2 Å². The number of hydrogen-bond acceptors (Lipinski definition) is 5. The summed E-state index contributed by atoms with van der Waals surface area (Å²) in [4.78, 5) is 32.7. The number of benzene rings is 1. The van der Waals surface area contributed by atoms with Crippen LogP contribution in [0.5, 0.6) is 0 Å². The van der Waals surface area contributed by atoms with Gasteiger partial charge in [0.2, 0.25) is 5.91 Å². The van der Waals surface area contributed by atoms with Crippen LogP contribution in [0.3, 0.4) is 0 Å². The molecule has 3 heterocycles. The maximum atomic E-state index is 13.1. The summed E-state index contributed by atoms with van der Waals surface area (Å²) in [6.45, 7) is 2.98. The predicted molar refractivity (Wildman–Crippen MR) is 116 cm³/mol. The van der Waals surface area contributed by atoms with Crippen molar-refractivity contribution in [3.63, 3.8) is 0 Å². The first kappa shape index (κ1) is 19.2. The van der Waals surface area contributed by atoms with Gasteiger partial charge in [-0.15, -0.1) is 11.3 Å². The molecule has 5 nitrogen and oxygen atoms in total. The van der Waals surface area contributed by atoms with Crippen LogP contribution in [0.4, 0.5) is 0 Å². The molecule has 146 valence electrons. The highest BCUT2D eigenvalue weighted by Crippen LogP contribution is 2.25. The van der Waals surface area contributed by atoms with E-state index in [-0.39, 0.29) is 11.5 Å². The molecule has 1 aromatic carbocycles. The molecular weight excluding hydrogens is 390 g/mol. The van der Waals surface area contributed by atoms with Crippen LogP contribution in [0.1, 0.15) is 32.6 Å². The van der Waals surface area contributed by atoms with E-state index in [0.29, 0.717) is 27.2 Å². The molecule has 0 spiro atoms. The molecule has 4 rings (SSSR count). The zero-order valence-corrected chi connectivity index (χ0v) is 17.5. The van der Waals surface area contributed by atoms with Crippen molar-refractivity contribution in [2.75, 3.05) is 12.3 Å². The summed E-state index contributed by atoms with van der Waals surface area (Å²) < 4.78 is 2.27. The van der Waals surface area contributed by atoms with E-state index in [1.807, 2.05) is 46.7 Å². The van der Waals surface area contributed by atoms with Crippen LogP contribution in [-0.4, -0.2) is 38.7 Å². The van der Waals surface area contributed by atoms with Crippen LogP contribution in [0.2, 0.25) is 0 Å². The standard InChI is InChI=1S/C21H23N3O2S2/c1-2-15-8-6-7-12-23(15)18(25)14-28-21-22-17-11-13-27-19(17)20(26)24(21)16-9-4-3-5-10-16/h3-5,9-11,13,15H,2,6-8,12,14H2,1H3/t15-/m1/s1. The number of nitrogens with zero attached hydrogens (tertiary/aromatic N) is 3. The number of carbonyl (C=O) groups is 1. The molecule has 0 unspecified atom stereocenters. The minimum Gasteiger partial charge on any atom is -0.339 e. The number of likely N-dealkylation sites (tertiary alicyclic amines) is 1. The molecule has 2 aromatic heterocycles. The Bertz CT molecular complexity index is 1030. The van der Waals surface area contributed by atoms with E-state index in [4.69, 9.17) is 4.98 Å². The third kappa shape index (κ3) is 3.73. The Kier molecular flexibility index (Phi) is 5.82. The lowest BCUT2D eigenvalue weighted by Gasteiger charge is -2.35. The molecule has 0 saturated carbocycles. The number of rotatable bonds is 5. The van der Waals surface area contributed by atoms with Gasteiger partial charge in [0.05, 0.1) is 17.0 Å². The Hall–Kier alpha value is -2.12. The highest BCUT2D eigenvalue weighted by atomic mass is 32.2. The quantitative estimate of drug-likeness (QED) is 0.461. The van der Waals surface area contributed by atoms with Crippen LogP contribution >= 0.6 is 23.1 Å². The molecule has 0 aliphatic carbocycles. The first-order chi connectivity index (χ1) is 13.7. The Morgan fingerprint density at radius 2 is 2.07 bits per heavy atom. The van der Waals surface area contributed by atoms with Crippen LogP contribution in [0.25, 0.3) is 15.9 Å². The molecule has 1 atom stereocenters. The van der Waals surface area contributed by atoms with Crippen LogP contribution in [-0.2, 0) is 4.79 Å². The lowest BCUT2D eigenvalue weighted by Crippen LogP contribution is -2.44. The summed E-state index contributed by atoms with van der Waals surface area (Å²) in [5.41, 5.74) is 1.39. The third-order valence-electron chi connectivity index (χ3n) is 5.21. The van der Waals surface area contributed by atoms with Gasteiger partial charge >= 0.3 is 0 Å². The number of carbonyl (C=O) groups excluding carboxylic acids is 1. The molecule has 7 heteroatoms. The molecule has 28 heavy (non-hydrogen) atoms. The number of thiophene rings is 1. The Labute approximate surface area is 172 Å². The average Bonchev–Trinajstić information content (AvgIpc) is 3.21. The smallest absolute Gasteiger partial charge is 0.276 e. The Morgan fingerprint density at radius 1 is 1.25 bits per heavy atom. The second kappa shape index (κ2) is 8.49. The minimum absolute atomic E-state index is 0.0782. The van der Waals surface area contributed by atoms with Crippen molar-refractivity contribution < 1.29 is 4.79 Å². The highest BCUT2D eigenvalue weighted by molar-refractivity contribution is 7.99. The van der Waals surface area contributed by atoms with Gasteiger partial charge in [-0.25, -0.2) is 4.98 Å². The second-order valence-corrected chi connectivity index (χ2v) is 8.80. The number of piperidine rings is 1. The monoisotopic (exact) mass is 413 g/mol. The number of para-hydroxylation sites is 1. The van der Waals surface area contributed by atoms with Crippen LogP contribution < -0.4 is 5.56 Å². The average molecular weight is 414 g/mol. The van der Waals surface area contributed by atoms with Crippen molar-refractivity contribution in [2.45, 2.75) is 43.8 Å². The minimum atomic E-state index is -0.0782. The summed E-state index contributed by atoms with van der Waals surface area (Å²) in [5.74, 6) is 0.432. The first-order valence-corrected chi connectivity index (χ1v) is 11.5. The number of thioether (sulfide) groups is 1. The summed E-state index contributed by atoms with van der Waals surface area (Å²) in [6, 6.07) is 11.7. The van der Waals surface area contributed by atoms with Gasteiger partial charge in [-0.05, 0) is 49.3 Å². The SMILES string of the molecule is CC[C@@H]1CCCCN1C(=O)CSc1nc2ccsc2c(=O)n1-c1ccccc1. The lowest BCUT2D eigenvalue weighted by atomic mass is 10.0. The molecule has 1 saturated heterocycles. The van der Waals surface area contributed by atoms with E-state index < -0.39 is 0 Å². The van der Waals surface area contributed by atoms with E-state index in [1.54, 1.807) is 4.57 Å². The van der Waals surface area contributed by atoms with Crippen molar-refractivity contribution in [1.29, 1.82) is 0 Å². The fourth-order valence-corrected chi connectivity index (χ4v) is 5.41. The third-order valence-corrected chi connectivity index (χ3v) is 7.02. The van der Waals surface area contributed by atoms with Crippen molar-refractivity contribution >= 4 is 39.2 Å². The second-order valence-electron chi connectivity index (χ2n) is 6.94. The Morgan fingerprint density at radius 3 is 2.86 bits per heavy atom. The largest absolute Gasteiger partial charge is 0.339 e. The van der Waals surface area contributed by atoms with Gasteiger partial charge in [0.15, 0.2) is 5.16 Å². The number of fused-ring (bicyclic) bond motifs is 1. The fourth-order valence-electron chi connectivity index (χ4n) is 3.76. The van der Waals surface area contributed by atoms with Gasteiger partial charge in [0.1, 0.15) is 4.70 Å². The molecular formula is C21H23N3O2S2. The molecule has 1 fully saturated rings. The van der Waals surface area contributed by atoms with Gasteiger partial charge in [-0.1, -0.05) is 36.9 Å². The van der Waals surface area contributed by atoms with Crippen molar-refractivity contribution in [1.82, 2.24) is 14.5 Å². The molecule has 0 bridgehead atoms. The van der Waals surface area contributed by atoms with Crippen LogP contribution in [0, 0.1) is 0 Å². The molecule has 0 N–H and O–H groups in total. The van der Waals surface area contributed by atoms with E-state index in [2.05, 4.69) is 6.92 Å². The van der Waals surface area contributed by atoms with E-state index >= 15 is 0 Å². The molecule has 1 amide bonds. The van der Waals surface area contributed by atoms with Crippen molar-refractivity contribution in [3.8, 4) is 5.69 Å². The van der Waals surface area contributed by atoms with Crippen LogP contribution in [0.15, 0.2) is 51.7 Å². The van der Waals surface area contributed by atoms with E-state index in [9.17, 15) is 9.59 Å². The topological polar surface area (TPSA) is 55.2 Å². The number of hydrogen-bond donors (Lipinski definition) is 0. The van der Waals surface area contributed by atoms with E-state index in [0.717, 1.165) is 31.5 Å². The summed E-state index contributed by atoms with van der Waals surface area (Å²) >= 11 is 2.76. The van der Waals surface area contributed by atoms with E-state index in [1.165, 1.54) is 29.5 Å². The first-order valence-electron chi connectivity index (χ1n) is 9.67. The number of amides is 1. The Balaban J connectivity index is 1.65. The zero-order chi connectivity index (χ0) is 19.5. The van der Waals surface area contributed by atoms with Gasteiger partial charge in [-0.2, -0.15) is 0 Å². The predicted octanol–water partition coefficient (Wildman–Crippen LogP) is 4.33. The number of aromatic nitrogens is 2. The van der Waals surface area contributed by atoms with Crippen molar-refractivity contribution in [3.05, 3.63) is 52.1 Å². The fraction of sp³-hybridized carbons (Fsp3) is 0.381. The maximum absolute atomic E-state index is 13.1.